The maximum atomic E-state index is 12.3. The van der Waals surface area contributed by atoms with Crippen molar-refractivity contribution in [3.8, 4) is 0 Å². The molecule has 0 aromatic heterocycles. The summed E-state index contributed by atoms with van der Waals surface area (Å²) < 4.78 is 0. The second-order valence-corrected chi connectivity index (χ2v) is 5.26. The van der Waals surface area contributed by atoms with Gasteiger partial charge in [-0.15, -0.1) is 0 Å². The Labute approximate surface area is 114 Å². The van der Waals surface area contributed by atoms with Gasteiger partial charge in [0.2, 0.25) is 5.91 Å². The number of carbonyl (C=O) groups is 1. The van der Waals surface area contributed by atoms with Crippen molar-refractivity contribution in [3.63, 3.8) is 0 Å². The second-order valence-electron chi connectivity index (χ2n) is 4.82. The van der Waals surface area contributed by atoms with Gasteiger partial charge in [0.05, 0.1) is 10.4 Å². The summed E-state index contributed by atoms with van der Waals surface area (Å²) in [6, 6.07) is 5.94. The Kier molecular flexibility index (Phi) is 4.46. The number of hydrogen-bond acceptors (Lipinski definition) is 2. The van der Waals surface area contributed by atoms with E-state index in [4.69, 9.17) is 18.0 Å². The van der Waals surface area contributed by atoms with Crippen LogP contribution in [-0.4, -0.2) is 10.9 Å². The Morgan fingerprint density at radius 3 is 2.56 bits per heavy atom. The van der Waals surface area contributed by atoms with Crippen molar-refractivity contribution in [2.45, 2.75) is 34.1 Å². The van der Waals surface area contributed by atoms with E-state index < -0.39 is 5.41 Å². The molecule has 3 N–H and O–H groups in total. The first-order valence-electron chi connectivity index (χ1n) is 6.00. The molecule has 98 valence electrons. The molecule has 0 aliphatic carbocycles. The van der Waals surface area contributed by atoms with Gasteiger partial charge in [-0.2, -0.15) is 0 Å². The van der Waals surface area contributed by atoms with Gasteiger partial charge in [-0.3, -0.25) is 4.79 Å². The van der Waals surface area contributed by atoms with Crippen LogP contribution in [0, 0.1) is 19.3 Å². The third-order valence-corrected chi connectivity index (χ3v) is 3.84. The quantitative estimate of drug-likeness (QED) is 0.822. The average Bonchev–Trinajstić information content (AvgIpc) is 2.32. The second kappa shape index (κ2) is 5.48. The van der Waals surface area contributed by atoms with Crippen molar-refractivity contribution in [3.05, 3.63) is 29.3 Å². The largest absolute Gasteiger partial charge is 0.392 e. The van der Waals surface area contributed by atoms with Gasteiger partial charge in [0.15, 0.2) is 0 Å². The zero-order chi connectivity index (χ0) is 13.9. The summed E-state index contributed by atoms with van der Waals surface area (Å²) in [4.78, 5) is 12.5. The molecular weight excluding hydrogens is 244 g/mol. The lowest BCUT2D eigenvalue weighted by atomic mass is 9.86. The highest BCUT2D eigenvalue weighted by Gasteiger charge is 2.34. The van der Waals surface area contributed by atoms with E-state index in [0.29, 0.717) is 6.42 Å². The van der Waals surface area contributed by atoms with E-state index in [1.54, 1.807) is 6.92 Å². The molecule has 1 aromatic carbocycles. The molecule has 0 aliphatic heterocycles. The van der Waals surface area contributed by atoms with Gasteiger partial charge in [0.1, 0.15) is 0 Å². The van der Waals surface area contributed by atoms with Crippen LogP contribution in [0.15, 0.2) is 18.2 Å². The van der Waals surface area contributed by atoms with Crippen LogP contribution in [0.5, 0.6) is 0 Å². The molecule has 0 saturated carbocycles. The zero-order valence-corrected chi connectivity index (χ0v) is 12.1. The number of anilines is 1. The molecule has 0 aliphatic rings. The Morgan fingerprint density at radius 2 is 2.06 bits per heavy atom. The normalized spacial score (nSPS) is 13.8. The first kappa shape index (κ1) is 14.6. The molecule has 0 radical (unpaired) electrons. The first-order valence-corrected chi connectivity index (χ1v) is 6.40. The van der Waals surface area contributed by atoms with Crippen LogP contribution in [-0.2, 0) is 4.79 Å². The molecule has 0 saturated heterocycles. The summed E-state index contributed by atoms with van der Waals surface area (Å²) >= 11 is 5.00. The van der Waals surface area contributed by atoms with E-state index in [0.717, 1.165) is 16.8 Å². The molecule has 0 fully saturated rings. The van der Waals surface area contributed by atoms with E-state index >= 15 is 0 Å². The number of rotatable bonds is 4. The summed E-state index contributed by atoms with van der Waals surface area (Å²) in [6.07, 6.45) is 0.582. The van der Waals surface area contributed by atoms with Crippen LogP contribution in [0.3, 0.4) is 0 Å². The van der Waals surface area contributed by atoms with E-state index in [1.807, 2.05) is 39.0 Å². The number of hydrogen-bond donors (Lipinski definition) is 2. The number of carbonyl (C=O) groups excluding carboxylic acids is 1. The minimum atomic E-state index is -0.800. The lowest BCUT2D eigenvalue weighted by Gasteiger charge is -2.26. The van der Waals surface area contributed by atoms with Gasteiger partial charge in [-0.25, -0.2) is 0 Å². The third-order valence-electron chi connectivity index (χ3n) is 3.39. The highest BCUT2D eigenvalue weighted by atomic mass is 32.1. The fourth-order valence-electron chi connectivity index (χ4n) is 1.58. The van der Waals surface area contributed by atoms with E-state index in [1.165, 1.54) is 0 Å². The maximum absolute atomic E-state index is 12.3. The van der Waals surface area contributed by atoms with Gasteiger partial charge in [-0.1, -0.05) is 31.3 Å². The molecule has 1 atom stereocenters. The predicted molar refractivity (Wildman–Crippen MR) is 79.7 cm³/mol. The lowest BCUT2D eigenvalue weighted by Crippen LogP contribution is -2.43. The predicted octanol–water partition coefficient (Wildman–Crippen LogP) is 2.94. The molecule has 0 heterocycles. The molecule has 1 rings (SSSR count). The monoisotopic (exact) mass is 264 g/mol. The average molecular weight is 264 g/mol. The first-order chi connectivity index (χ1) is 8.31. The molecule has 1 aromatic rings. The summed E-state index contributed by atoms with van der Waals surface area (Å²) in [6.45, 7) is 7.62. The summed E-state index contributed by atoms with van der Waals surface area (Å²) in [5, 5.41) is 2.92. The van der Waals surface area contributed by atoms with Crippen molar-refractivity contribution in [2.24, 2.45) is 11.1 Å². The van der Waals surface area contributed by atoms with Crippen LogP contribution >= 0.6 is 12.2 Å². The van der Waals surface area contributed by atoms with Crippen molar-refractivity contribution >= 4 is 28.8 Å². The van der Waals surface area contributed by atoms with Crippen LogP contribution in [0.2, 0.25) is 0 Å². The number of thiocarbonyl (C=S) groups is 1. The smallest absolute Gasteiger partial charge is 0.237 e. The maximum Gasteiger partial charge on any atom is 0.237 e. The Balaban J connectivity index is 3.00. The topological polar surface area (TPSA) is 55.1 Å². The summed E-state index contributed by atoms with van der Waals surface area (Å²) in [5.41, 5.74) is 7.81. The van der Waals surface area contributed by atoms with E-state index in [-0.39, 0.29) is 10.9 Å². The molecule has 18 heavy (non-hydrogen) atoms. The fraction of sp³-hybridized carbons (Fsp3) is 0.429. The number of aryl methyl sites for hydroxylation is 2. The van der Waals surface area contributed by atoms with Crippen molar-refractivity contribution in [2.75, 3.05) is 5.32 Å². The highest BCUT2D eigenvalue weighted by Crippen LogP contribution is 2.25. The van der Waals surface area contributed by atoms with Crippen LogP contribution in [0.4, 0.5) is 5.69 Å². The molecule has 0 bridgehead atoms. The van der Waals surface area contributed by atoms with Gasteiger partial charge in [0.25, 0.3) is 0 Å². The lowest BCUT2D eigenvalue weighted by molar-refractivity contribution is -0.121. The summed E-state index contributed by atoms with van der Waals surface area (Å²) in [7, 11) is 0. The fourth-order valence-corrected chi connectivity index (χ4v) is 1.81. The number of amides is 1. The molecular formula is C14H20N2OS. The number of nitrogens with two attached hydrogens (primary N) is 1. The zero-order valence-electron chi connectivity index (χ0n) is 11.3. The SMILES string of the molecule is CCC(C)(C(=O)Nc1cc(C)ccc1C)C(N)=S. The van der Waals surface area contributed by atoms with E-state index in [9.17, 15) is 4.79 Å². The standard InChI is InChI=1S/C14H20N2OS/c1-5-14(4,12(15)18)13(17)16-11-8-9(2)6-7-10(11)3/h6-8H,5H2,1-4H3,(H2,15,18)(H,16,17). The van der Waals surface area contributed by atoms with Crippen molar-refractivity contribution in [1.29, 1.82) is 0 Å². The van der Waals surface area contributed by atoms with Crippen molar-refractivity contribution in [1.82, 2.24) is 0 Å². The molecule has 1 amide bonds. The van der Waals surface area contributed by atoms with Gasteiger partial charge in [0, 0.05) is 5.69 Å². The van der Waals surface area contributed by atoms with Gasteiger partial charge >= 0.3 is 0 Å². The molecule has 3 nitrogen and oxygen atoms in total. The van der Waals surface area contributed by atoms with Gasteiger partial charge < -0.3 is 11.1 Å². The minimum Gasteiger partial charge on any atom is -0.392 e. The highest BCUT2D eigenvalue weighted by molar-refractivity contribution is 7.80. The third kappa shape index (κ3) is 2.88. The molecule has 0 spiro atoms. The summed E-state index contributed by atoms with van der Waals surface area (Å²) in [5.74, 6) is -0.147. The van der Waals surface area contributed by atoms with Gasteiger partial charge in [-0.05, 0) is 44.4 Å². The number of benzene rings is 1. The Bertz CT molecular complexity index is 485. The van der Waals surface area contributed by atoms with Crippen LogP contribution in [0.1, 0.15) is 31.4 Å². The molecule has 1 unspecified atom stereocenters. The Morgan fingerprint density at radius 1 is 1.44 bits per heavy atom. The van der Waals surface area contributed by atoms with Crippen LogP contribution < -0.4 is 11.1 Å². The number of nitrogens with one attached hydrogen (secondary N) is 1. The van der Waals surface area contributed by atoms with Crippen LogP contribution in [0.25, 0.3) is 0 Å². The molecule has 4 heteroatoms. The Hall–Kier alpha value is -1.42. The minimum absolute atomic E-state index is 0.147. The van der Waals surface area contributed by atoms with E-state index in [2.05, 4.69) is 5.32 Å². The van der Waals surface area contributed by atoms with Crippen molar-refractivity contribution < 1.29 is 4.79 Å².